The molecule has 0 aliphatic rings. The van der Waals surface area contributed by atoms with Gasteiger partial charge in [0.1, 0.15) is 10.6 Å². The van der Waals surface area contributed by atoms with Gasteiger partial charge < -0.3 is 0 Å². The molecular formula is C9H7BrF4. The molecule has 0 nitrogen and oxygen atoms in total. The molecule has 0 aliphatic carbocycles. The predicted molar refractivity (Wildman–Crippen MR) is 48.9 cm³/mol. The third-order valence-electron chi connectivity index (χ3n) is 1.76. The lowest BCUT2D eigenvalue weighted by Crippen LogP contribution is -2.15. The zero-order valence-electron chi connectivity index (χ0n) is 7.20. The molecular weight excluding hydrogens is 264 g/mol. The summed E-state index contributed by atoms with van der Waals surface area (Å²) in [6.45, 7) is 1.43. The van der Waals surface area contributed by atoms with Crippen LogP contribution < -0.4 is 0 Å². The minimum Gasteiger partial charge on any atom is -0.207 e. The smallest absolute Gasteiger partial charge is 0.207 e. The molecule has 1 aromatic carbocycles. The molecule has 78 valence electrons. The standard InChI is InChI=1S/C9H7BrF4/c1-5-4-6(2-3-7(5)11)8(10)9(12,13)14/h2-4,8H,1H3. The molecule has 0 aromatic heterocycles. The van der Waals surface area contributed by atoms with Crippen molar-refractivity contribution in [2.24, 2.45) is 0 Å². The van der Waals surface area contributed by atoms with E-state index < -0.39 is 16.8 Å². The first-order chi connectivity index (χ1) is 6.32. The topological polar surface area (TPSA) is 0 Å². The van der Waals surface area contributed by atoms with E-state index in [1.165, 1.54) is 13.0 Å². The fourth-order valence-corrected chi connectivity index (χ4v) is 1.30. The van der Waals surface area contributed by atoms with Gasteiger partial charge in [-0.3, -0.25) is 0 Å². The fraction of sp³-hybridized carbons (Fsp3) is 0.333. The Kier molecular flexibility index (Phi) is 3.19. The van der Waals surface area contributed by atoms with Crippen LogP contribution in [0.25, 0.3) is 0 Å². The molecule has 0 aliphatic heterocycles. The van der Waals surface area contributed by atoms with Gasteiger partial charge in [-0.15, -0.1) is 0 Å². The molecule has 1 aromatic rings. The number of alkyl halides is 4. The minimum absolute atomic E-state index is 0.0106. The highest BCUT2D eigenvalue weighted by atomic mass is 79.9. The number of hydrogen-bond acceptors (Lipinski definition) is 0. The molecule has 0 fully saturated rings. The van der Waals surface area contributed by atoms with Gasteiger partial charge in [0.05, 0.1) is 0 Å². The van der Waals surface area contributed by atoms with E-state index in [1.807, 2.05) is 0 Å². The second kappa shape index (κ2) is 3.88. The maximum atomic E-state index is 12.8. The molecule has 0 bridgehead atoms. The van der Waals surface area contributed by atoms with Crippen molar-refractivity contribution in [2.75, 3.05) is 0 Å². The van der Waals surface area contributed by atoms with Gasteiger partial charge in [0.2, 0.25) is 0 Å². The SMILES string of the molecule is Cc1cc(C(Br)C(F)(F)F)ccc1F. The third kappa shape index (κ3) is 2.47. The molecule has 14 heavy (non-hydrogen) atoms. The Morgan fingerprint density at radius 3 is 2.29 bits per heavy atom. The zero-order chi connectivity index (χ0) is 10.9. The number of rotatable bonds is 1. The highest BCUT2D eigenvalue weighted by Gasteiger charge is 2.38. The van der Waals surface area contributed by atoms with Crippen LogP contribution in [0.4, 0.5) is 17.6 Å². The Bertz CT molecular complexity index is 332. The van der Waals surface area contributed by atoms with Gasteiger partial charge in [0, 0.05) is 0 Å². The van der Waals surface area contributed by atoms with Crippen LogP contribution in [-0.4, -0.2) is 6.18 Å². The Morgan fingerprint density at radius 1 is 1.29 bits per heavy atom. The third-order valence-corrected chi connectivity index (χ3v) is 2.81. The Hall–Kier alpha value is -0.580. The summed E-state index contributed by atoms with van der Waals surface area (Å²) in [5.74, 6) is -0.504. The summed E-state index contributed by atoms with van der Waals surface area (Å²) in [6, 6.07) is 3.34. The van der Waals surface area contributed by atoms with Crippen molar-refractivity contribution >= 4 is 15.9 Å². The fourth-order valence-electron chi connectivity index (χ4n) is 1.01. The van der Waals surface area contributed by atoms with Gasteiger partial charge >= 0.3 is 6.18 Å². The average molecular weight is 271 g/mol. The van der Waals surface area contributed by atoms with Gasteiger partial charge in [0.15, 0.2) is 0 Å². The maximum Gasteiger partial charge on any atom is 0.405 e. The lowest BCUT2D eigenvalue weighted by molar-refractivity contribution is -0.128. The molecule has 0 saturated carbocycles. The van der Waals surface area contributed by atoms with Crippen LogP contribution in [0.1, 0.15) is 16.0 Å². The molecule has 0 amide bonds. The lowest BCUT2D eigenvalue weighted by Gasteiger charge is -2.14. The Labute approximate surface area is 87.1 Å². The maximum absolute atomic E-state index is 12.8. The first kappa shape index (κ1) is 11.5. The molecule has 1 atom stereocenters. The Morgan fingerprint density at radius 2 is 1.86 bits per heavy atom. The molecule has 5 heteroatoms. The number of hydrogen-bond donors (Lipinski definition) is 0. The molecule has 0 radical (unpaired) electrons. The van der Waals surface area contributed by atoms with Crippen molar-refractivity contribution in [2.45, 2.75) is 17.9 Å². The van der Waals surface area contributed by atoms with E-state index in [1.54, 1.807) is 0 Å². The molecule has 1 unspecified atom stereocenters. The van der Waals surface area contributed by atoms with Crippen LogP contribution in [0.15, 0.2) is 18.2 Å². The van der Waals surface area contributed by atoms with E-state index in [4.69, 9.17) is 0 Å². The van der Waals surface area contributed by atoms with E-state index in [2.05, 4.69) is 15.9 Å². The quantitative estimate of drug-likeness (QED) is 0.532. The zero-order valence-corrected chi connectivity index (χ0v) is 8.79. The van der Waals surface area contributed by atoms with E-state index >= 15 is 0 Å². The van der Waals surface area contributed by atoms with Crippen LogP contribution >= 0.6 is 15.9 Å². The second-order valence-electron chi connectivity index (χ2n) is 2.91. The van der Waals surface area contributed by atoms with Gasteiger partial charge in [-0.2, -0.15) is 13.2 Å². The minimum atomic E-state index is -4.36. The van der Waals surface area contributed by atoms with Crippen LogP contribution in [0.3, 0.4) is 0 Å². The number of benzene rings is 1. The molecule has 1 rings (SSSR count). The molecule has 0 spiro atoms. The number of aryl methyl sites for hydroxylation is 1. The van der Waals surface area contributed by atoms with Crippen molar-refractivity contribution in [3.63, 3.8) is 0 Å². The normalized spacial score (nSPS) is 14.1. The summed E-state index contributed by atoms with van der Waals surface area (Å²) >= 11 is 2.52. The Balaban J connectivity index is 3.03. The molecule has 0 saturated heterocycles. The summed E-state index contributed by atoms with van der Waals surface area (Å²) in [5, 5.41) is 0. The van der Waals surface area contributed by atoms with Crippen molar-refractivity contribution in [1.82, 2.24) is 0 Å². The van der Waals surface area contributed by atoms with Gasteiger partial charge in [-0.1, -0.05) is 28.1 Å². The van der Waals surface area contributed by atoms with Crippen LogP contribution in [0.2, 0.25) is 0 Å². The highest BCUT2D eigenvalue weighted by Crippen LogP contribution is 2.39. The van der Waals surface area contributed by atoms with E-state index in [0.29, 0.717) is 0 Å². The largest absolute Gasteiger partial charge is 0.405 e. The van der Waals surface area contributed by atoms with Crippen molar-refractivity contribution < 1.29 is 17.6 Å². The van der Waals surface area contributed by atoms with Crippen LogP contribution in [0, 0.1) is 12.7 Å². The van der Waals surface area contributed by atoms with Crippen molar-refractivity contribution in [3.05, 3.63) is 35.1 Å². The first-order valence-corrected chi connectivity index (χ1v) is 4.71. The first-order valence-electron chi connectivity index (χ1n) is 3.79. The summed E-state index contributed by atoms with van der Waals surface area (Å²) in [7, 11) is 0. The average Bonchev–Trinajstić information content (AvgIpc) is 2.07. The van der Waals surface area contributed by atoms with E-state index in [0.717, 1.165) is 12.1 Å². The van der Waals surface area contributed by atoms with Gasteiger partial charge in [0.25, 0.3) is 0 Å². The summed E-state index contributed by atoms with van der Waals surface area (Å²) < 4.78 is 49.4. The highest BCUT2D eigenvalue weighted by molar-refractivity contribution is 9.09. The lowest BCUT2D eigenvalue weighted by atomic mass is 10.1. The monoisotopic (exact) mass is 270 g/mol. The predicted octanol–water partition coefficient (Wildman–Crippen LogP) is 4.13. The summed E-state index contributed by atoms with van der Waals surface area (Å²) in [5.41, 5.74) is 0.215. The summed E-state index contributed by atoms with van der Waals surface area (Å²) in [6.07, 6.45) is -4.36. The van der Waals surface area contributed by atoms with Gasteiger partial charge in [-0.25, -0.2) is 4.39 Å². The number of halogens is 5. The second-order valence-corrected chi connectivity index (χ2v) is 3.83. The van der Waals surface area contributed by atoms with Crippen LogP contribution in [-0.2, 0) is 0 Å². The van der Waals surface area contributed by atoms with Crippen molar-refractivity contribution in [3.8, 4) is 0 Å². The van der Waals surface area contributed by atoms with Crippen molar-refractivity contribution in [1.29, 1.82) is 0 Å². The molecule has 0 N–H and O–H groups in total. The van der Waals surface area contributed by atoms with Crippen LogP contribution in [0.5, 0.6) is 0 Å². The molecule has 0 heterocycles. The summed E-state index contributed by atoms with van der Waals surface area (Å²) in [4.78, 5) is -1.74. The van der Waals surface area contributed by atoms with E-state index in [-0.39, 0.29) is 11.1 Å². The van der Waals surface area contributed by atoms with Gasteiger partial charge in [-0.05, 0) is 24.1 Å². The van der Waals surface area contributed by atoms with E-state index in [9.17, 15) is 17.6 Å².